The molecular formula is C20H42OSn. The minimum atomic E-state index is -2.01. The van der Waals surface area contributed by atoms with Crippen LogP contribution < -0.4 is 0 Å². The molecule has 0 heterocycles. The van der Waals surface area contributed by atoms with Crippen LogP contribution in [0.5, 0.6) is 0 Å². The third kappa shape index (κ3) is 11.1. The van der Waals surface area contributed by atoms with Crippen molar-refractivity contribution in [2.75, 3.05) is 0 Å². The van der Waals surface area contributed by atoms with Crippen molar-refractivity contribution in [1.82, 2.24) is 0 Å². The van der Waals surface area contributed by atoms with Gasteiger partial charge in [-0.15, -0.1) is 0 Å². The van der Waals surface area contributed by atoms with E-state index in [4.69, 9.17) is 0 Å². The molecule has 0 saturated heterocycles. The molecule has 1 nitrogen and oxygen atoms in total. The molecule has 0 radical (unpaired) electrons. The second-order valence-electron chi connectivity index (χ2n) is 7.64. The average molecular weight is 417 g/mol. The Hall–Kier alpha value is 0.499. The first-order chi connectivity index (χ1) is 10.5. The molecule has 2 heteroatoms. The Morgan fingerprint density at radius 3 is 1.68 bits per heavy atom. The molecule has 132 valence electrons. The van der Waals surface area contributed by atoms with Crippen molar-refractivity contribution in [3.8, 4) is 0 Å². The van der Waals surface area contributed by atoms with E-state index in [1.807, 2.05) is 0 Å². The van der Waals surface area contributed by atoms with Crippen LogP contribution in [-0.2, 0) is 0 Å². The average Bonchev–Trinajstić information content (AvgIpc) is 2.47. The molecule has 0 aromatic rings. The Morgan fingerprint density at radius 2 is 1.32 bits per heavy atom. The fourth-order valence-corrected chi connectivity index (χ4v) is 18.5. The van der Waals surface area contributed by atoms with Gasteiger partial charge in [0.1, 0.15) is 0 Å². The minimum absolute atomic E-state index is 0.229. The zero-order valence-electron chi connectivity index (χ0n) is 16.0. The molecular weight excluding hydrogens is 375 g/mol. The molecule has 1 atom stereocenters. The number of aliphatic hydroxyl groups is 1. The molecule has 1 unspecified atom stereocenters. The molecule has 0 aromatic carbocycles. The number of allylic oxidation sites excluding steroid dienone is 1. The number of unbranched alkanes of at least 4 members (excludes halogenated alkanes) is 3. The molecule has 0 aliphatic heterocycles. The van der Waals surface area contributed by atoms with Gasteiger partial charge in [-0.1, -0.05) is 0 Å². The Balaban J connectivity index is 4.73. The van der Waals surface area contributed by atoms with Gasteiger partial charge in [-0.05, 0) is 0 Å². The van der Waals surface area contributed by atoms with Gasteiger partial charge >= 0.3 is 145 Å². The van der Waals surface area contributed by atoms with Crippen molar-refractivity contribution >= 4 is 18.4 Å². The summed E-state index contributed by atoms with van der Waals surface area (Å²) >= 11 is -2.01. The Bertz CT molecular complexity index is 251. The van der Waals surface area contributed by atoms with E-state index in [9.17, 15) is 5.11 Å². The molecule has 0 bridgehead atoms. The molecule has 0 fully saturated rings. The molecule has 0 aliphatic rings. The van der Waals surface area contributed by atoms with Crippen molar-refractivity contribution in [3.05, 3.63) is 12.2 Å². The molecule has 0 aromatic heterocycles. The van der Waals surface area contributed by atoms with E-state index in [2.05, 4.69) is 46.8 Å². The summed E-state index contributed by atoms with van der Waals surface area (Å²) in [6.07, 6.45) is 13.5. The Labute approximate surface area is 144 Å². The van der Waals surface area contributed by atoms with E-state index in [1.165, 1.54) is 43.0 Å². The Morgan fingerprint density at radius 1 is 0.864 bits per heavy atom. The van der Waals surface area contributed by atoms with Crippen molar-refractivity contribution in [2.24, 2.45) is 5.92 Å². The normalized spacial score (nSPS) is 14.1. The van der Waals surface area contributed by atoms with E-state index >= 15 is 0 Å². The third-order valence-corrected chi connectivity index (χ3v) is 20.1. The maximum absolute atomic E-state index is 10.1. The van der Waals surface area contributed by atoms with Gasteiger partial charge in [0.15, 0.2) is 0 Å². The zero-order chi connectivity index (χ0) is 16.8. The zero-order valence-corrected chi connectivity index (χ0v) is 18.9. The molecule has 0 spiro atoms. The molecule has 0 amide bonds. The van der Waals surface area contributed by atoms with E-state index < -0.39 is 18.4 Å². The monoisotopic (exact) mass is 418 g/mol. The van der Waals surface area contributed by atoms with E-state index in [1.54, 1.807) is 13.3 Å². The first-order valence-corrected chi connectivity index (χ1v) is 17.9. The second kappa shape index (κ2) is 13.9. The Kier molecular flexibility index (Phi) is 14.2. The maximum atomic E-state index is 10.1. The van der Waals surface area contributed by atoms with Gasteiger partial charge in [-0.2, -0.15) is 0 Å². The standard InChI is InChI=1S/C8H15O.3C4H9.Sn/c1-4-5-8(9)6-7(2)3;3*1-3-4-2;/h4-5,7-9H,1,6H2,2-3H3;3*1,3-4H2,2H3;/b5-4-;;;;. The summed E-state index contributed by atoms with van der Waals surface area (Å²) in [5.41, 5.74) is 0. The second-order valence-corrected chi connectivity index (χ2v) is 21.6. The summed E-state index contributed by atoms with van der Waals surface area (Å²) in [5.74, 6) is 0.577. The molecule has 22 heavy (non-hydrogen) atoms. The molecule has 0 aliphatic carbocycles. The van der Waals surface area contributed by atoms with Crippen LogP contribution >= 0.6 is 0 Å². The number of hydrogen-bond donors (Lipinski definition) is 1. The van der Waals surface area contributed by atoms with Crippen LogP contribution in [0.15, 0.2) is 12.2 Å². The summed E-state index contributed by atoms with van der Waals surface area (Å²) in [7, 11) is 0. The van der Waals surface area contributed by atoms with Gasteiger partial charge in [0, 0.05) is 0 Å². The van der Waals surface area contributed by atoms with Gasteiger partial charge < -0.3 is 0 Å². The summed E-state index contributed by atoms with van der Waals surface area (Å²) in [4.78, 5) is 0. The molecule has 1 N–H and O–H groups in total. The fourth-order valence-electron chi connectivity index (χ4n) is 3.37. The van der Waals surface area contributed by atoms with Gasteiger partial charge in [-0.25, -0.2) is 0 Å². The number of rotatable bonds is 14. The van der Waals surface area contributed by atoms with E-state index in [0.717, 1.165) is 6.42 Å². The van der Waals surface area contributed by atoms with Crippen molar-refractivity contribution in [1.29, 1.82) is 0 Å². The van der Waals surface area contributed by atoms with E-state index in [0.29, 0.717) is 5.92 Å². The SMILES string of the molecule is CCC[CH2][Sn]([CH2]/C=C\C(O)CC(C)C)([CH2]CCC)[CH2]CCC. The van der Waals surface area contributed by atoms with Gasteiger partial charge in [-0.3, -0.25) is 0 Å². The molecule has 0 rings (SSSR count). The predicted octanol–water partition coefficient (Wildman–Crippen LogP) is 6.80. The van der Waals surface area contributed by atoms with Gasteiger partial charge in [0.2, 0.25) is 0 Å². The number of aliphatic hydroxyl groups excluding tert-OH is 1. The van der Waals surface area contributed by atoms with Gasteiger partial charge in [0.05, 0.1) is 0 Å². The predicted molar refractivity (Wildman–Crippen MR) is 104 cm³/mol. The summed E-state index contributed by atoms with van der Waals surface area (Å²) in [6, 6.07) is 0. The topological polar surface area (TPSA) is 20.2 Å². The van der Waals surface area contributed by atoms with Crippen LogP contribution in [0.25, 0.3) is 0 Å². The van der Waals surface area contributed by atoms with Crippen LogP contribution in [0.3, 0.4) is 0 Å². The quantitative estimate of drug-likeness (QED) is 0.244. The fraction of sp³-hybridized carbons (Fsp3) is 0.900. The van der Waals surface area contributed by atoms with Crippen LogP contribution in [0.2, 0.25) is 17.7 Å². The van der Waals surface area contributed by atoms with E-state index in [-0.39, 0.29) is 6.10 Å². The van der Waals surface area contributed by atoms with Crippen LogP contribution in [0, 0.1) is 5.92 Å². The summed E-state index contributed by atoms with van der Waals surface area (Å²) < 4.78 is 6.06. The summed E-state index contributed by atoms with van der Waals surface area (Å²) in [5, 5.41) is 10.1. The van der Waals surface area contributed by atoms with Crippen LogP contribution in [0.4, 0.5) is 0 Å². The first kappa shape index (κ1) is 22.5. The van der Waals surface area contributed by atoms with Crippen molar-refractivity contribution in [3.63, 3.8) is 0 Å². The summed E-state index contributed by atoms with van der Waals surface area (Å²) in [6.45, 7) is 11.4. The molecule has 0 saturated carbocycles. The van der Waals surface area contributed by atoms with Gasteiger partial charge in [0.25, 0.3) is 0 Å². The third-order valence-electron chi connectivity index (χ3n) is 4.80. The number of hydrogen-bond acceptors (Lipinski definition) is 1. The van der Waals surface area contributed by atoms with Crippen molar-refractivity contribution in [2.45, 2.75) is 103 Å². The van der Waals surface area contributed by atoms with Crippen molar-refractivity contribution < 1.29 is 5.11 Å². The van der Waals surface area contributed by atoms with Crippen LogP contribution in [0.1, 0.15) is 79.6 Å². The first-order valence-electron chi connectivity index (χ1n) is 9.84. The van der Waals surface area contributed by atoms with Crippen LogP contribution in [-0.4, -0.2) is 29.6 Å².